The molecule has 0 saturated carbocycles. The Morgan fingerprint density at radius 2 is 2.24 bits per heavy atom. The minimum absolute atomic E-state index is 0.209. The van der Waals surface area contributed by atoms with Crippen molar-refractivity contribution in [3.8, 4) is 0 Å². The summed E-state index contributed by atoms with van der Waals surface area (Å²) in [6.07, 6.45) is 1.49. The van der Waals surface area contributed by atoms with Gasteiger partial charge in [0.1, 0.15) is 6.54 Å². The maximum absolute atomic E-state index is 11.4. The molecule has 0 aliphatic carbocycles. The number of hydrogen-bond donors (Lipinski definition) is 2. The molecule has 96 valence electrons. The first-order valence-corrected chi connectivity index (χ1v) is 6.53. The maximum atomic E-state index is 11.4. The Morgan fingerprint density at radius 3 is 2.71 bits per heavy atom. The Hall–Kier alpha value is -1.48. The van der Waals surface area contributed by atoms with Crippen LogP contribution in [0.3, 0.4) is 0 Å². The second kappa shape index (κ2) is 5.23. The largest absolute Gasteiger partial charge is 0.325 e. The van der Waals surface area contributed by atoms with Gasteiger partial charge in [-0.15, -0.1) is 5.10 Å². The molecule has 8 nitrogen and oxygen atoms in total. The number of carbonyl (C=O) groups is 1. The van der Waals surface area contributed by atoms with Crippen molar-refractivity contribution in [1.29, 1.82) is 0 Å². The zero-order chi connectivity index (χ0) is 13.1. The summed E-state index contributed by atoms with van der Waals surface area (Å²) in [5, 5.41) is 6.65. The number of carbonyl (C=O) groups excluding carboxylic acids is 1. The van der Waals surface area contributed by atoms with Gasteiger partial charge in [-0.1, -0.05) is 5.21 Å². The van der Waals surface area contributed by atoms with Gasteiger partial charge in [0, 0.05) is 6.54 Å². The summed E-state index contributed by atoms with van der Waals surface area (Å²) in [7, 11) is -3.60. The van der Waals surface area contributed by atoms with Crippen molar-refractivity contribution in [3.63, 3.8) is 0 Å². The molecular formula is C8H15N5O3S. The fourth-order valence-electron chi connectivity index (χ4n) is 0.965. The monoisotopic (exact) mass is 261 g/mol. The molecular weight excluding hydrogens is 246 g/mol. The third-order valence-corrected chi connectivity index (χ3v) is 3.73. The minimum atomic E-state index is -3.60. The van der Waals surface area contributed by atoms with Crippen LogP contribution in [0.4, 0.5) is 0 Å². The lowest BCUT2D eigenvalue weighted by atomic mass is 10.5. The van der Waals surface area contributed by atoms with E-state index in [1.807, 2.05) is 4.72 Å². The molecule has 0 fully saturated rings. The highest BCUT2D eigenvalue weighted by molar-refractivity contribution is 7.90. The molecule has 1 amide bonds. The van der Waals surface area contributed by atoms with Crippen LogP contribution in [0, 0.1) is 0 Å². The topological polar surface area (TPSA) is 120 Å². The van der Waals surface area contributed by atoms with Gasteiger partial charge in [0.2, 0.25) is 10.0 Å². The first-order valence-electron chi connectivity index (χ1n) is 4.98. The average molecular weight is 261 g/mol. The quantitative estimate of drug-likeness (QED) is 0.672. The minimum Gasteiger partial charge on any atom is -0.325 e. The molecule has 0 bridgehead atoms. The highest BCUT2D eigenvalue weighted by Gasteiger charge is 2.19. The number of nitrogens with two attached hydrogens (primary N) is 1. The molecule has 0 radical (unpaired) electrons. The Labute approximate surface area is 99.2 Å². The standard InChI is InChI=1S/C8H15N5O3S/c1-6(2)17(15,16)11-8(14)5-13-4-7(3-9)10-12-13/h4,6H,3,5,9H2,1-2H3,(H,11,14). The summed E-state index contributed by atoms with van der Waals surface area (Å²) in [6.45, 7) is 2.97. The second-order valence-corrected chi connectivity index (χ2v) is 5.97. The number of amides is 1. The molecule has 9 heteroatoms. The lowest BCUT2D eigenvalue weighted by molar-refractivity contribution is -0.120. The molecule has 1 heterocycles. The molecule has 0 aromatic carbocycles. The smallest absolute Gasteiger partial charge is 0.255 e. The fraction of sp³-hybridized carbons (Fsp3) is 0.625. The molecule has 17 heavy (non-hydrogen) atoms. The van der Waals surface area contributed by atoms with Crippen molar-refractivity contribution in [3.05, 3.63) is 11.9 Å². The maximum Gasteiger partial charge on any atom is 0.255 e. The highest BCUT2D eigenvalue weighted by atomic mass is 32.2. The van der Waals surface area contributed by atoms with E-state index in [9.17, 15) is 13.2 Å². The van der Waals surface area contributed by atoms with Crippen molar-refractivity contribution < 1.29 is 13.2 Å². The number of aromatic nitrogens is 3. The molecule has 0 saturated heterocycles. The van der Waals surface area contributed by atoms with E-state index < -0.39 is 21.2 Å². The van der Waals surface area contributed by atoms with Gasteiger partial charge in [-0.05, 0) is 13.8 Å². The average Bonchev–Trinajstić information content (AvgIpc) is 2.64. The van der Waals surface area contributed by atoms with Crippen molar-refractivity contribution in [2.75, 3.05) is 0 Å². The molecule has 3 N–H and O–H groups in total. The van der Waals surface area contributed by atoms with Gasteiger partial charge < -0.3 is 5.73 Å². The van der Waals surface area contributed by atoms with Gasteiger partial charge >= 0.3 is 0 Å². The molecule has 0 spiro atoms. The van der Waals surface area contributed by atoms with Gasteiger partial charge in [0.15, 0.2) is 0 Å². The summed E-state index contributed by atoms with van der Waals surface area (Å²) in [6, 6.07) is 0. The Bertz CT molecular complexity index is 493. The summed E-state index contributed by atoms with van der Waals surface area (Å²) in [5.74, 6) is -0.660. The summed E-state index contributed by atoms with van der Waals surface area (Å²) >= 11 is 0. The first-order chi connectivity index (χ1) is 7.85. The van der Waals surface area contributed by atoms with Gasteiger partial charge in [-0.3, -0.25) is 9.52 Å². The normalized spacial score (nSPS) is 11.8. The van der Waals surface area contributed by atoms with Crippen LogP contribution in [0.2, 0.25) is 0 Å². The van der Waals surface area contributed by atoms with E-state index in [1.54, 1.807) is 0 Å². The number of sulfonamides is 1. The highest BCUT2D eigenvalue weighted by Crippen LogP contribution is 1.97. The Balaban J connectivity index is 2.62. The van der Waals surface area contributed by atoms with Gasteiger partial charge in [-0.2, -0.15) is 0 Å². The van der Waals surface area contributed by atoms with Crippen molar-refractivity contribution >= 4 is 15.9 Å². The van der Waals surface area contributed by atoms with Crippen LogP contribution in [-0.4, -0.2) is 34.6 Å². The van der Waals surface area contributed by atoms with Gasteiger partial charge in [0.05, 0.1) is 17.1 Å². The third-order valence-electron chi connectivity index (χ3n) is 1.98. The van der Waals surface area contributed by atoms with Gasteiger partial charge in [0.25, 0.3) is 5.91 Å². The van der Waals surface area contributed by atoms with E-state index in [-0.39, 0.29) is 13.1 Å². The number of rotatable bonds is 5. The van der Waals surface area contributed by atoms with E-state index in [0.717, 1.165) is 0 Å². The third kappa shape index (κ3) is 3.79. The zero-order valence-corrected chi connectivity index (χ0v) is 10.4. The molecule has 0 aliphatic rings. The van der Waals surface area contributed by atoms with Crippen LogP contribution in [0.25, 0.3) is 0 Å². The number of hydrogen-bond acceptors (Lipinski definition) is 6. The summed E-state index contributed by atoms with van der Waals surface area (Å²) < 4.78 is 26.0. The van der Waals surface area contributed by atoms with Crippen LogP contribution in [0.5, 0.6) is 0 Å². The number of nitrogens with one attached hydrogen (secondary N) is 1. The molecule has 1 rings (SSSR count). The molecule has 0 unspecified atom stereocenters. The Kier molecular flexibility index (Phi) is 4.18. The van der Waals surface area contributed by atoms with E-state index in [0.29, 0.717) is 5.69 Å². The Morgan fingerprint density at radius 1 is 1.59 bits per heavy atom. The van der Waals surface area contributed by atoms with Gasteiger partial charge in [-0.25, -0.2) is 13.1 Å². The molecule has 1 aromatic heterocycles. The first kappa shape index (κ1) is 13.6. The SMILES string of the molecule is CC(C)S(=O)(=O)NC(=O)Cn1cc(CN)nn1. The molecule has 0 atom stereocenters. The molecule has 1 aromatic rings. The predicted octanol–water partition coefficient (Wildman–Crippen LogP) is -1.41. The van der Waals surface area contributed by atoms with E-state index in [1.165, 1.54) is 24.7 Å². The lowest BCUT2D eigenvalue weighted by Crippen LogP contribution is -2.37. The van der Waals surface area contributed by atoms with Crippen LogP contribution in [0.15, 0.2) is 6.20 Å². The van der Waals surface area contributed by atoms with E-state index >= 15 is 0 Å². The van der Waals surface area contributed by atoms with Crippen LogP contribution in [-0.2, 0) is 27.9 Å². The molecule has 0 aliphatic heterocycles. The summed E-state index contributed by atoms with van der Waals surface area (Å²) in [4.78, 5) is 11.4. The zero-order valence-electron chi connectivity index (χ0n) is 9.62. The predicted molar refractivity (Wildman–Crippen MR) is 60.1 cm³/mol. The lowest BCUT2D eigenvalue weighted by Gasteiger charge is -2.08. The van der Waals surface area contributed by atoms with Crippen LogP contribution >= 0.6 is 0 Å². The fourth-order valence-corrected chi connectivity index (χ4v) is 1.58. The number of nitrogens with zero attached hydrogens (tertiary/aromatic N) is 3. The van der Waals surface area contributed by atoms with Crippen molar-refractivity contribution in [2.45, 2.75) is 32.2 Å². The van der Waals surface area contributed by atoms with E-state index in [2.05, 4.69) is 10.3 Å². The second-order valence-electron chi connectivity index (χ2n) is 3.73. The van der Waals surface area contributed by atoms with Crippen molar-refractivity contribution in [2.24, 2.45) is 5.73 Å². The van der Waals surface area contributed by atoms with Crippen LogP contribution < -0.4 is 10.5 Å². The van der Waals surface area contributed by atoms with Crippen LogP contribution in [0.1, 0.15) is 19.5 Å². The van der Waals surface area contributed by atoms with E-state index in [4.69, 9.17) is 5.73 Å². The van der Waals surface area contributed by atoms with Crippen molar-refractivity contribution in [1.82, 2.24) is 19.7 Å². The summed E-state index contributed by atoms with van der Waals surface area (Å²) in [5.41, 5.74) is 5.86.